The van der Waals surface area contributed by atoms with E-state index in [0.29, 0.717) is 37.6 Å². The monoisotopic (exact) mass is 365 g/mol. The highest BCUT2D eigenvalue weighted by Gasteiger charge is 2.23. The van der Waals surface area contributed by atoms with Crippen LogP contribution >= 0.6 is 11.6 Å². The zero-order valence-electron chi connectivity index (χ0n) is 15.0. The Labute approximate surface area is 155 Å². The summed E-state index contributed by atoms with van der Waals surface area (Å²) in [6, 6.07) is 7.34. The van der Waals surface area contributed by atoms with Gasteiger partial charge in [0.2, 0.25) is 5.91 Å². The number of hydrogen-bond acceptors (Lipinski definition) is 2. The molecule has 1 aromatic rings. The summed E-state index contributed by atoms with van der Waals surface area (Å²) in [6.07, 6.45) is 4.97. The first kappa shape index (κ1) is 19.6. The normalized spacial score (nSPS) is 14.5. The number of carbonyl (C=O) groups excluding carboxylic acids is 2. The fourth-order valence-corrected chi connectivity index (χ4v) is 3.03. The van der Waals surface area contributed by atoms with Crippen molar-refractivity contribution in [3.63, 3.8) is 0 Å². The van der Waals surface area contributed by atoms with Crippen molar-refractivity contribution in [2.24, 2.45) is 0 Å². The summed E-state index contributed by atoms with van der Waals surface area (Å²) in [5.41, 5.74) is 0.960. The summed E-state index contributed by atoms with van der Waals surface area (Å²) in [5, 5.41) is 3.64. The molecule has 0 aliphatic carbocycles. The number of nitrogens with zero attached hydrogens (tertiary/aromatic N) is 2. The van der Waals surface area contributed by atoms with Crippen LogP contribution in [0.5, 0.6) is 0 Å². The molecule has 0 saturated carbocycles. The minimum atomic E-state index is -0.0127. The van der Waals surface area contributed by atoms with Gasteiger partial charge in [-0.25, -0.2) is 4.79 Å². The van der Waals surface area contributed by atoms with E-state index in [1.807, 2.05) is 17.0 Å². The second kappa shape index (κ2) is 10.3. The molecule has 0 bridgehead atoms. The van der Waals surface area contributed by atoms with Crippen LogP contribution in [0.1, 0.15) is 38.2 Å². The molecule has 0 atom stereocenters. The lowest BCUT2D eigenvalue weighted by Gasteiger charge is -2.34. The van der Waals surface area contributed by atoms with Crippen molar-refractivity contribution >= 4 is 23.5 Å². The summed E-state index contributed by atoms with van der Waals surface area (Å²) in [4.78, 5) is 28.1. The number of urea groups is 1. The Balaban J connectivity index is 1.68. The minimum Gasteiger partial charge on any atom is -0.339 e. The predicted molar refractivity (Wildman–Crippen MR) is 101 cm³/mol. The molecule has 2 rings (SSSR count). The highest BCUT2D eigenvalue weighted by Crippen LogP contribution is 2.12. The maximum atomic E-state index is 12.4. The lowest BCUT2D eigenvalue weighted by atomic mass is 10.1. The van der Waals surface area contributed by atoms with E-state index in [2.05, 4.69) is 12.2 Å². The third-order valence-corrected chi connectivity index (χ3v) is 4.75. The number of nitrogens with one attached hydrogen (secondary N) is 1. The zero-order valence-corrected chi connectivity index (χ0v) is 15.7. The van der Waals surface area contributed by atoms with Gasteiger partial charge in [0, 0.05) is 37.7 Å². The Morgan fingerprint density at radius 1 is 1.00 bits per heavy atom. The molecule has 1 saturated heterocycles. The number of rotatable bonds is 7. The molecule has 25 heavy (non-hydrogen) atoms. The first-order valence-electron chi connectivity index (χ1n) is 9.15. The highest BCUT2D eigenvalue weighted by molar-refractivity contribution is 6.30. The number of unbranched alkanes of at least 4 members (excludes halogenated alkanes) is 3. The number of carbonyl (C=O) groups is 2. The maximum absolute atomic E-state index is 12.4. The van der Waals surface area contributed by atoms with Crippen molar-refractivity contribution in [2.45, 2.75) is 39.0 Å². The molecule has 1 fully saturated rings. The Bertz CT molecular complexity index is 554. The summed E-state index contributed by atoms with van der Waals surface area (Å²) in [6.45, 7) is 5.27. The molecule has 6 heteroatoms. The van der Waals surface area contributed by atoms with Gasteiger partial charge in [-0.15, -0.1) is 0 Å². The summed E-state index contributed by atoms with van der Waals surface area (Å²) in [5.74, 6) is 0.0990. The molecule has 1 N–H and O–H groups in total. The first-order valence-corrected chi connectivity index (χ1v) is 9.53. The van der Waals surface area contributed by atoms with Gasteiger partial charge < -0.3 is 15.1 Å². The average Bonchev–Trinajstić information content (AvgIpc) is 2.63. The summed E-state index contributed by atoms with van der Waals surface area (Å²) < 4.78 is 0. The van der Waals surface area contributed by atoms with Crippen LogP contribution < -0.4 is 5.32 Å². The van der Waals surface area contributed by atoms with Gasteiger partial charge in [-0.2, -0.15) is 0 Å². The number of hydrogen-bond donors (Lipinski definition) is 1. The van der Waals surface area contributed by atoms with Crippen molar-refractivity contribution in [3.05, 3.63) is 34.9 Å². The van der Waals surface area contributed by atoms with E-state index in [-0.39, 0.29) is 11.9 Å². The second-order valence-electron chi connectivity index (χ2n) is 6.46. The van der Waals surface area contributed by atoms with E-state index in [4.69, 9.17) is 11.6 Å². The lowest BCUT2D eigenvalue weighted by Crippen LogP contribution is -2.53. The van der Waals surface area contributed by atoms with E-state index in [0.717, 1.165) is 24.9 Å². The Kier molecular flexibility index (Phi) is 8.06. The molecule has 0 radical (unpaired) electrons. The Hall–Kier alpha value is -1.75. The molecule has 0 aromatic heterocycles. The van der Waals surface area contributed by atoms with Crippen molar-refractivity contribution < 1.29 is 9.59 Å². The third kappa shape index (κ3) is 6.58. The molecule has 1 aliphatic heterocycles. The molecule has 5 nitrogen and oxygen atoms in total. The quantitative estimate of drug-likeness (QED) is 0.753. The number of halogens is 1. The van der Waals surface area contributed by atoms with Crippen LogP contribution in [-0.2, 0) is 11.2 Å². The van der Waals surface area contributed by atoms with E-state index < -0.39 is 0 Å². The van der Waals surface area contributed by atoms with Crippen LogP contribution in [0.25, 0.3) is 0 Å². The molecule has 1 heterocycles. The van der Waals surface area contributed by atoms with Crippen molar-refractivity contribution in [3.8, 4) is 0 Å². The highest BCUT2D eigenvalue weighted by atomic mass is 35.5. The molecule has 0 spiro atoms. The van der Waals surface area contributed by atoms with Crippen LogP contribution in [-0.4, -0.2) is 54.5 Å². The zero-order chi connectivity index (χ0) is 18.1. The van der Waals surface area contributed by atoms with Gasteiger partial charge in [0.05, 0.1) is 6.42 Å². The SMILES string of the molecule is CCCCCCNC(=O)N1CCN(C(=O)Cc2ccc(Cl)cc2)CC1. The Morgan fingerprint density at radius 2 is 1.64 bits per heavy atom. The number of piperazine rings is 1. The number of benzene rings is 1. The first-order chi connectivity index (χ1) is 12.1. The van der Waals surface area contributed by atoms with Gasteiger partial charge in [0.15, 0.2) is 0 Å². The van der Waals surface area contributed by atoms with Crippen LogP contribution in [0.4, 0.5) is 4.79 Å². The molecule has 138 valence electrons. The van der Waals surface area contributed by atoms with Crippen LogP contribution in [0.15, 0.2) is 24.3 Å². The molecule has 1 aliphatic rings. The van der Waals surface area contributed by atoms with Crippen molar-refractivity contribution in [2.75, 3.05) is 32.7 Å². The topological polar surface area (TPSA) is 52.7 Å². The average molecular weight is 366 g/mol. The second-order valence-corrected chi connectivity index (χ2v) is 6.90. The predicted octanol–water partition coefficient (Wildman–Crippen LogP) is 3.32. The maximum Gasteiger partial charge on any atom is 0.317 e. The van der Waals surface area contributed by atoms with Crippen molar-refractivity contribution in [1.29, 1.82) is 0 Å². The fraction of sp³-hybridized carbons (Fsp3) is 0.579. The van der Waals surface area contributed by atoms with E-state index in [1.54, 1.807) is 17.0 Å². The van der Waals surface area contributed by atoms with Gasteiger partial charge in [-0.05, 0) is 24.1 Å². The summed E-state index contributed by atoms with van der Waals surface area (Å²) >= 11 is 5.86. The molecule has 1 aromatic carbocycles. The summed E-state index contributed by atoms with van der Waals surface area (Å²) in [7, 11) is 0. The van der Waals surface area contributed by atoms with E-state index in [9.17, 15) is 9.59 Å². The minimum absolute atomic E-state index is 0.0127. The molecular formula is C19H28ClN3O2. The van der Waals surface area contributed by atoms with E-state index >= 15 is 0 Å². The molecule has 0 unspecified atom stereocenters. The molecule has 3 amide bonds. The number of amides is 3. The third-order valence-electron chi connectivity index (χ3n) is 4.49. The lowest BCUT2D eigenvalue weighted by molar-refractivity contribution is -0.131. The van der Waals surface area contributed by atoms with Gasteiger partial charge in [-0.1, -0.05) is 49.9 Å². The smallest absolute Gasteiger partial charge is 0.317 e. The fourth-order valence-electron chi connectivity index (χ4n) is 2.91. The van der Waals surface area contributed by atoms with E-state index in [1.165, 1.54) is 12.8 Å². The van der Waals surface area contributed by atoms with Gasteiger partial charge >= 0.3 is 6.03 Å². The van der Waals surface area contributed by atoms with Crippen LogP contribution in [0, 0.1) is 0 Å². The van der Waals surface area contributed by atoms with Gasteiger partial charge in [-0.3, -0.25) is 4.79 Å². The van der Waals surface area contributed by atoms with Crippen molar-refractivity contribution in [1.82, 2.24) is 15.1 Å². The standard InChI is InChI=1S/C19H28ClN3O2/c1-2-3-4-5-10-21-19(25)23-13-11-22(12-14-23)18(24)15-16-6-8-17(20)9-7-16/h6-9H,2-5,10-15H2,1H3,(H,21,25). The van der Waals surface area contributed by atoms with Crippen LogP contribution in [0.3, 0.4) is 0 Å². The van der Waals surface area contributed by atoms with Crippen LogP contribution in [0.2, 0.25) is 5.02 Å². The van der Waals surface area contributed by atoms with Gasteiger partial charge in [0.1, 0.15) is 0 Å². The molecular weight excluding hydrogens is 338 g/mol. The van der Waals surface area contributed by atoms with Gasteiger partial charge in [0.25, 0.3) is 0 Å². The largest absolute Gasteiger partial charge is 0.339 e. The Morgan fingerprint density at radius 3 is 2.28 bits per heavy atom.